The monoisotopic (exact) mass is 756 g/mol. The minimum Gasteiger partial charge on any atom is -0.327 e. The van der Waals surface area contributed by atoms with Gasteiger partial charge in [0.15, 0.2) is 0 Å². The number of aryl methyl sites for hydroxylation is 4. The van der Waals surface area contributed by atoms with Crippen LogP contribution in [-0.4, -0.2) is 19.1 Å². The zero-order chi connectivity index (χ0) is 39.8. The molecule has 0 bridgehead atoms. The quantitative estimate of drug-likeness (QED) is 0.169. The SMILES string of the molecule is Cc1ccc(C2(c3ccc(C)cc3)c3cc(-c4ccc(-c5nc6ccc#cc6n5C)cc4)ccc3-c3ccc(-c4ccc(-c5nc6ccccc6n5C)cc4)cc32)cc1. The fourth-order valence-corrected chi connectivity index (χ4v) is 9.38. The zero-order valence-corrected chi connectivity index (χ0v) is 33.5. The molecule has 280 valence electrons. The van der Waals surface area contributed by atoms with E-state index >= 15 is 0 Å². The molecule has 4 heteroatoms. The summed E-state index contributed by atoms with van der Waals surface area (Å²) in [7, 11) is 4.13. The molecule has 0 unspecified atom stereocenters. The first-order valence-corrected chi connectivity index (χ1v) is 20.2. The number of nitrogens with zero attached hydrogens (tertiary/aromatic N) is 4. The zero-order valence-electron chi connectivity index (χ0n) is 33.5. The molecule has 1 aliphatic rings. The molecule has 0 radical (unpaired) electrons. The Morgan fingerprint density at radius 3 is 1.46 bits per heavy atom. The van der Waals surface area contributed by atoms with Gasteiger partial charge >= 0.3 is 0 Å². The van der Waals surface area contributed by atoms with Gasteiger partial charge in [0.1, 0.15) is 17.2 Å². The van der Waals surface area contributed by atoms with E-state index in [1.165, 1.54) is 61.2 Å². The average Bonchev–Trinajstić information content (AvgIpc) is 3.91. The van der Waals surface area contributed by atoms with Crippen molar-refractivity contribution in [3.8, 4) is 56.2 Å². The minimum absolute atomic E-state index is 0.550. The van der Waals surface area contributed by atoms with Crippen molar-refractivity contribution in [3.63, 3.8) is 0 Å². The van der Waals surface area contributed by atoms with Gasteiger partial charge in [-0.2, -0.15) is 0 Å². The minimum atomic E-state index is -0.550. The third kappa shape index (κ3) is 5.39. The number of hydrogen-bond acceptors (Lipinski definition) is 2. The number of hydrogen-bond donors (Lipinski definition) is 0. The van der Waals surface area contributed by atoms with Crippen molar-refractivity contribution in [2.45, 2.75) is 19.3 Å². The molecule has 0 amide bonds. The standard InChI is InChI=1S/C55H40N4/c1-35-13-27-43(28-14-35)55(44-29-15-36(2)16-30-44)47-33-41(37-17-21-39(22-18-37)53-56-49-9-5-7-11-51(49)58(53)3)25-31-45(47)46-32-26-42(34-48(46)55)38-19-23-40(24-20-38)54-57-50-10-6-8-12-52(50)59(54)4/h5-7,9-11,13-34H,1-4H3. The predicted octanol–water partition coefficient (Wildman–Crippen LogP) is 12.7. The molecular weight excluding hydrogens is 717 g/mol. The number of aromatic nitrogens is 4. The van der Waals surface area contributed by atoms with Crippen molar-refractivity contribution < 1.29 is 0 Å². The summed E-state index contributed by atoms with van der Waals surface area (Å²) in [5, 5.41) is 0. The molecule has 0 aliphatic heterocycles. The summed E-state index contributed by atoms with van der Waals surface area (Å²) in [5.41, 5.74) is 20.4. The number of rotatable bonds is 6. The Bertz CT molecular complexity index is 3000. The molecule has 11 rings (SSSR count). The van der Waals surface area contributed by atoms with Crippen LogP contribution in [0.3, 0.4) is 0 Å². The van der Waals surface area contributed by atoms with Crippen LogP contribution in [0.25, 0.3) is 78.2 Å². The van der Waals surface area contributed by atoms with E-state index in [0.717, 1.165) is 50.4 Å². The molecule has 0 fully saturated rings. The Balaban J connectivity index is 1.06. The Hall–Kier alpha value is -7.48. The Morgan fingerprint density at radius 1 is 0.458 bits per heavy atom. The molecule has 2 aromatic heterocycles. The van der Waals surface area contributed by atoms with Crippen LogP contribution in [-0.2, 0) is 19.5 Å². The van der Waals surface area contributed by atoms with Crippen molar-refractivity contribution in [2.24, 2.45) is 14.1 Å². The maximum atomic E-state index is 4.97. The summed E-state index contributed by atoms with van der Waals surface area (Å²) < 4.78 is 4.27. The first-order valence-electron chi connectivity index (χ1n) is 20.2. The third-order valence-corrected chi connectivity index (χ3v) is 12.5. The van der Waals surface area contributed by atoms with Gasteiger partial charge in [-0.1, -0.05) is 151 Å². The Kier molecular flexibility index (Phi) is 7.83. The lowest BCUT2D eigenvalue weighted by molar-refractivity contribution is 0.768. The van der Waals surface area contributed by atoms with Gasteiger partial charge in [-0.15, -0.1) is 0 Å². The Labute approximate surface area is 344 Å². The average molecular weight is 757 g/mol. The molecule has 0 N–H and O–H groups in total. The van der Waals surface area contributed by atoms with E-state index in [4.69, 9.17) is 9.97 Å². The molecule has 4 nitrogen and oxygen atoms in total. The summed E-state index contributed by atoms with van der Waals surface area (Å²) in [4.78, 5) is 9.89. The van der Waals surface area contributed by atoms with E-state index < -0.39 is 5.41 Å². The van der Waals surface area contributed by atoms with Gasteiger partial charge in [-0.05, 0) is 112 Å². The normalized spacial score (nSPS) is 12.7. The predicted molar refractivity (Wildman–Crippen MR) is 241 cm³/mol. The fourth-order valence-electron chi connectivity index (χ4n) is 9.38. The van der Waals surface area contributed by atoms with Crippen molar-refractivity contribution in [2.75, 3.05) is 0 Å². The topological polar surface area (TPSA) is 35.6 Å². The fraction of sp³-hybridized carbons (Fsp3) is 0.0909. The van der Waals surface area contributed by atoms with Gasteiger partial charge in [0.2, 0.25) is 0 Å². The van der Waals surface area contributed by atoms with Crippen LogP contribution in [0.15, 0.2) is 170 Å². The van der Waals surface area contributed by atoms with Crippen LogP contribution in [0.1, 0.15) is 33.4 Å². The van der Waals surface area contributed by atoms with Crippen LogP contribution >= 0.6 is 0 Å². The van der Waals surface area contributed by atoms with Gasteiger partial charge in [-0.25, -0.2) is 9.97 Å². The highest BCUT2D eigenvalue weighted by atomic mass is 15.1. The van der Waals surface area contributed by atoms with Gasteiger partial charge in [0.05, 0.1) is 22.0 Å². The maximum Gasteiger partial charge on any atom is 0.141 e. The number of para-hydroxylation sites is 2. The highest BCUT2D eigenvalue weighted by Gasteiger charge is 2.46. The highest BCUT2D eigenvalue weighted by Crippen LogP contribution is 2.57. The molecular formula is C55H40N4. The molecule has 0 saturated carbocycles. The van der Waals surface area contributed by atoms with Crippen LogP contribution in [0.2, 0.25) is 0 Å². The lowest BCUT2D eigenvalue weighted by Crippen LogP contribution is -2.28. The van der Waals surface area contributed by atoms with E-state index in [-0.39, 0.29) is 0 Å². The van der Waals surface area contributed by atoms with Gasteiger partial charge < -0.3 is 9.13 Å². The van der Waals surface area contributed by atoms with E-state index in [1.807, 2.05) is 25.2 Å². The summed E-state index contributed by atoms with van der Waals surface area (Å²) in [6.45, 7) is 4.33. The second-order valence-corrected chi connectivity index (χ2v) is 16.0. The Morgan fingerprint density at radius 2 is 0.932 bits per heavy atom. The largest absolute Gasteiger partial charge is 0.327 e. The van der Waals surface area contributed by atoms with E-state index in [0.29, 0.717) is 0 Å². The lowest BCUT2D eigenvalue weighted by atomic mass is 9.67. The van der Waals surface area contributed by atoms with E-state index in [9.17, 15) is 0 Å². The van der Waals surface area contributed by atoms with E-state index in [2.05, 4.69) is 194 Å². The van der Waals surface area contributed by atoms with Crippen LogP contribution in [0, 0.1) is 26.0 Å². The van der Waals surface area contributed by atoms with Gasteiger partial charge in [0.25, 0.3) is 0 Å². The first-order chi connectivity index (χ1) is 28.9. The number of imidazole rings is 2. The van der Waals surface area contributed by atoms with Crippen molar-refractivity contribution in [1.29, 1.82) is 0 Å². The summed E-state index contributed by atoms with van der Waals surface area (Å²) in [6.07, 6.45) is 0. The van der Waals surface area contributed by atoms with Crippen molar-refractivity contribution >= 4 is 22.1 Å². The third-order valence-electron chi connectivity index (χ3n) is 12.5. The maximum absolute atomic E-state index is 4.97. The van der Waals surface area contributed by atoms with Gasteiger partial charge in [-0.3, -0.25) is 0 Å². The van der Waals surface area contributed by atoms with Gasteiger partial charge in [0, 0.05) is 25.2 Å². The second-order valence-electron chi connectivity index (χ2n) is 16.0. The van der Waals surface area contributed by atoms with E-state index in [1.54, 1.807) is 0 Å². The molecule has 8 aromatic carbocycles. The highest BCUT2D eigenvalue weighted by molar-refractivity contribution is 5.91. The summed E-state index contributed by atoms with van der Waals surface area (Å²) in [6, 6.07) is 68.7. The van der Waals surface area contributed by atoms with Crippen LogP contribution in [0.5, 0.6) is 0 Å². The van der Waals surface area contributed by atoms with Crippen LogP contribution < -0.4 is 0 Å². The molecule has 0 atom stereocenters. The smallest absolute Gasteiger partial charge is 0.141 e. The molecule has 0 spiro atoms. The number of fused-ring (bicyclic) bond motifs is 5. The van der Waals surface area contributed by atoms with Crippen molar-refractivity contribution in [3.05, 3.63) is 215 Å². The molecule has 0 saturated heterocycles. The molecule has 10 aromatic rings. The number of benzene rings is 7. The molecule has 1 aliphatic carbocycles. The second kappa shape index (κ2) is 13.3. The summed E-state index contributed by atoms with van der Waals surface area (Å²) >= 11 is 0. The lowest BCUT2D eigenvalue weighted by Gasteiger charge is -2.34. The van der Waals surface area contributed by atoms with Crippen molar-refractivity contribution in [1.82, 2.24) is 19.1 Å². The summed E-state index contributed by atoms with van der Waals surface area (Å²) in [5.74, 6) is 1.88. The van der Waals surface area contributed by atoms with Crippen LogP contribution in [0.4, 0.5) is 0 Å². The molecule has 59 heavy (non-hydrogen) atoms. The first kappa shape index (κ1) is 34.7. The molecule has 2 heterocycles.